The zero-order valence-electron chi connectivity index (χ0n) is 17.4. The van der Waals surface area contributed by atoms with Gasteiger partial charge >= 0.3 is 5.69 Å². The highest BCUT2D eigenvalue weighted by atomic mass is 16.6. The summed E-state index contributed by atoms with van der Waals surface area (Å²) < 4.78 is 15.7. The number of nitrogens with zero attached hydrogens (tertiary/aromatic N) is 3. The quantitative estimate of drug-likeness (QED) is 0.369. The standard InChI is InChI=1S/C21H23N5O5/c1-29-16-6-4-5-15(12-16)25-21-19(26(27)28)20(23-13-24-21)22-10-9-14-7-8-17(30-2)18(11-14)31-3/h4-8,11-13H,9-10H2,1-3H3,(H2,22,23,24,25). The van der Waals surface area contributed by atoms with Crippen molar-refractivity contribution in [1.29, 1.82) is 0 Å². The molecule has 0 spiro atoms. The van der Waals surface area contributed by atoms with Crippen molar-refractivity contribution in [3.8, 4) is 17.2 Å². The van der Waals surface area contributed by atoms with Gasteiger partial charge in [-0.3, -0.25) is 10.1 Å². The molecule has 0 saturated heterocycles. The lowest BCUT2D eigenvalue weighted by Gasteiger charge is -2.12. The van der Waals surface area contributed by atoms with E-state index in [2.05, 4.69) is 20.6 Å². The van der Waals surface area contributed by atoms with Gasteiger partial charge in [-0.1, -0.05) is 12.1 Å². The highest BCUT2D eigenvalue weighted by Crippen LogP contribution is 2.32. The SMILES string of the molecule is COc1cccc(Nc2ncnc(NCCc3ccc(OC)c(OC)c3)c2[N+](=O)[O-])c1. The van der Waals surface area contributed by atoms with E-state index >= 15 is 0 Å². The van der Waals surface area contributed by atoms with Gasteiger partial charge in [-0.15, -0.1) is 0 Å². The predicted molar refractivity (Wildman–Crippen MR) is 117 cm³/mol. The summed E-state index contributed by atoms with van der Waals surface area (Å²) in [6, 6.07) is 12.6. The molecule has 31 heavy (non-hydrogen) atoms. The van der Waals surface area contributed by atoms with Crippen molar-refractivity contribution in [3.05, 3.63) is 64.5 Å². The Hall–Kier alpha value is -4.08. The molecule has 3 rings (SSSR count). The molecule has 2 aromatic carbocycles. The van der Waals surface area contributed by atoms with Crippen LogP contribution in [0.1, 0.15) is 5.56 Å². The van der Waals surface area contributed by atoms with E-state index in [1.807, 2.05) is 18.2 Å². The maximum absolute atomic E-state index is 11.7. The average Bonchev–Trinajstić information content (AvgIpc) is 2.79. The maximum atomic E-state index is 11.7. The lowest BCUT2D eigenvalue weighted by Crippen LogP contribution is -2.11. The fourth-order valence-electron chi connectivity index (χ4n) is 2.97. The summed E-state index contributed by atoms with van der Waals surface area (Å²) in [4.78, 5) is 19.3. The van der Waals surface area contributed by atoms with Gasteiger partial charge in [0.1, 0.15) is 12.1 Å². The lowest BCUT2D eigenvalue weighted by molar-refractivity contribution is -0.383. The van der Waals surface area contributed by atoms with Gasteiger partial charge in [-0.2, -0.15) is 0 Å². The van der Waals surface area contributed by atoms with Crippen molar-refractivity contribution in [1.82, 2.24) is 9.97 Å². The maximum Gasteiger partial charge on any atom is 0.353 e. The van der Waals surface area contributed by atoms with E-state index in [9.17, 15) is 10.1 Å². The first-order chi connectivity index (χ1) is 15.0. The summed E-state index contributed by atoms with van der Waals surface area (Å²) in [6.07, 6.45) is 1.87. The third-order valence-corrected chi connectivity index (χ3v) is 4.49. The van der Waals surface area contributed by atoms with Crippen LogP contribution in [0.2, 0.25) is 0 Å². The van der Waals surface area contributed by atoms with Gasteiger partial charge in [0.15, 0.2) is 11.5 Å². The predicted octanol–water partition coefficient (Wildman–Crippen LogP) is 3.81. The molecular weight excluding hydrogens is 402 g/mol. The molecule has 162 valence electrons. The van der Waals surface area contributed by atoms with E-state index in [0.29, 0.717) is 35.9 Å². The first-order valence-electron chi connectivity index (χ1n) is 9.41. The second-order valence-corrected chi connectivity index (χ2v) is 6.40. The van der Waals surface area contributed by atoms with E-state index in [4.69, 9.17) is 14.2 Å². The molecule has 0 amide bonds. The van der Waals surface area contributed by atoms with Gasteiger partial charge in [-0.25, -0.2) is 9.97 Å². The summed E-state index contributed by atoms with van der Waals surface area (Å²) in [5.41, 5.74) is 1.35. The summed E-state index contributed by atoms with van der Waals surface area (Å²) in [7, 11) is 4.69. The van der Waals surface area contributed by atoms with Crippen LogP contribution in [0.25, 0.3) is 0 Å². The molecule has 0 aliphatic rings. The summed E-state index contributed by atoms with van der Waals surface area (Å²) in [5.74, 6) is 2.10. The Morgan fingerprint density at radius 1 is 0.968 bits per heavy atom. The molecule has 0 unspecified atom stereocenters. The summed E-state index contributed by atoms with van der Waals surface area (Å²) in [6.45, 7) is 0.423. The summed E-state index contributed by atoms with van der Waals surface area (Å²) in [5, 5.41) is 17.7. The number of methoxy groups -OCH3 is 3. The molecule has 0 atom stereocenters. The topological polar surface area (TPSA) is 121 Å². The van der Waals surface area contributed by atoms with E-state index in [-0.39, 0.29) is 17.3 Å². The Kier molecular flexibility index (Phi) is 7.05. The van der Waals surface area contributed by atoms with Crippen LogP contribution >= 0.6 is 0 Å². The van der Waals surface area contributed by atoms with Gasteiger partial charge in [0.05, 0.1) is 26.3 Å². The monoisotopic (exact) mass is 425 g/mol. The molecule has 0 radical (unpaired) electrons. The number of hydrogen-bond acceptors (Lipinski definition) is 9. The zero-order valence-corrected chi connectivity index (χ0v) is 17.4. The van der Waals surface area contributed by atoms with Crippen molar-refractivity contribution in [3.63, 3.8) is 0 Å². The summed E-state index contributed by atoms with van der Waals surface area (Å²) >= 11 is 0. The van der Waals surface area contributed by atoms with Crippen molar-refractivity contribution in [2.75, 3.05) is 38.5 Å². The number of benzene rings is 2. The van der Waals surface area contributed by atoms with Crippen molar-refractivity contribution in [2.45, 2.75) is 6.42 Å². The van der Waals surface area contributed by atoms with Gasteiger partial charge in [0, 0.05) is 18.3 Å². The molecule has 3 aromatic rings. The Labute approximate surface area is 179 Å². The zero-order chi connectivity index (χ0) is 22.2. The highest BCUT2D eigenvalue weighted by Gasteiger charge is 2.23. The fraction of sp³-hybridized carbons (Fsp3) is 0.238. The van der Waals surface area contributed by atoms with Gasteiger partial charge < -0.3 is 24.8 Å². The second-order valence-electron chi connectivity index (χ2n) is 6.40. The minimum absolute atomic E-state index is 0.0851. The molecule has 2 N–H and O–H groups in total. The molecule has 10 heteroatoms. The van der Waals surface area contributed by atoms with Gasteiger partial charge in [-0.05, 0) is 36.2 Å². The Morgan fingerprint density at radius 2 is 1.74 bits per heavy atom. The van der Waals surface area contributed by atoms with Crippen LogP contribution in [0.4, 0.5) is 23.0 Å². The van der Waals surface area contributed by atoms with Crippen LogP contribution in [0, 0.1) is 10.1 Å². The smallest absolute Gasteiger partial charge is 0.353 e. The van der Waals surface area contributed by atoms with Crippen molar-refractivity contribution in [2.24, 2.45) is 0 Å². The molecule has 0 aliphatic heterocycles. The Bertz CT molecular complexity index is 1060. The largest absolute Gasteiger partial charge is 0.497 e. The molecular formula is C21H23N5O5. The Morgan fingerprint density at radius 3 is 2.45 bits per heavy atom. The lowest BCUT2D eigenvalue weighted by atomic mass is 10.1. The number of rotatable bonds is 10. The van der Waals surface area contributed by atoms with Crippen molar-refractivity contribution >= 4 is 23.0 Å². The minimum Gasteiger partial charge on any atom is -0.497 e. The molecule has 1 heterocycles. The molecule has 0 fully saturated rings. The molecule has 0 saturated carbocycles. The number of hydrogen-bond donors (Lipinski definition) is 2. The van der Waals surface area contributed by atoms with E-state index in [1.165, 1.54) is 6.33 Å². The van der Waals surface area contributed by atoms with E-state index < -0.39 is 4.92 Å². The van der Waals surface area contributed by atoms with Crippen LogP contribution in [0.5, 0.6) is 17.2 Å². The van der Waals surface area contributed by atoms with Crippen LogP contribution < -0.4 is 24.8 Å². The molecule has 10 nitrogen and oxygen atoms in total. The minimum atomic E-state index is -0.513. The number of ether oxygens (including phenoxy) is 3. The van der Waals surface area contributed by atoms with Gasteiger partial charge in [0.25, 0.3) is 0 Å². The second kappa shape index (κ2) is 10.1. The van der Waals surface area contributed by atoms with Crippen molar-refractivity contribution < 1.29 is 19.1 Å². The van der Waals surface area contributed by atoms with E-state index in [1.54, 1.807) is 45.6 Å². The van der Waals surface area contributed by atoms with Crippen LogP contribution in [-0.4, -0.2) is 42.8 Å². The number of aromatic nitrogens is 2. The molecule has 0 aliphatic carbocycles. The number of nitro groups is 1. The average molecular weight is 425 g/mol. The molecule has 0 bridgehead atoms. The third-order valence-electron chi connectivity index (χ3n) is 4.49. The first kappa shape index (κ1) is 21.6. The fourth-order valence-corrected chi connectivity index (χ4v) is 2.97. The first-order valence-corrected chi connectivity index (χ1v) is 9.41. The Balaban J connectivity index is 1.75. The number of anilines is 3. The van der Waals surface area contributed by atoms with Crippen LogP contribution in [0.3, 0.4) is 0 Å². The molecule has 1 aromatic heterocycles. The normalized spacial score (nSPS) is 10.3. The number of nitrogens with one attached hydrogen (secondary N) is 2. The third kappa shape index (κ3) is 5.30. The van der Waals surface area contributed by atoms with Crippen LogP contribution in [0.15, 0.2) is 48.8 Å². The highest BCUT2D eigenvalue weighted by molar-refractivity contribution is 5.74. The van der Waals surface area contributed by atoms with Crippen LogP contribution in [-0.2, 0) is 6.42 Å². The van der Waals surface area contributed by atoms with E-state index in [0.717, 1.165) is 5.56 Å². The van der Waals surface area contributed by atoms with Gasteiger partial charge in [0.2, 0.25) is 11.6 Å².